The minimum atomic E-state index is -0.121. The van der Waals surface area contributed by atoms with Gasteiger partial charge in [-0.05, 0) is 38.3 Å². The zero-order valence-electron chi connectivity index (χ0n) is 9.66. The molecule has 0 fully saturated rings. The molecule has 1 heterocycles. The largest absolute Gasteiger partial charge is 0.369 e. The van der Waals surface area contributed by atoms with Gasteiger partial charge in [-0.1, -0.05) is 18.2 Å². The lowest BCUT2D eigenvalue weighted by Crippen LogP contribution is -2.47. The summed E-state index contributed by atoms with van der Waals surface area (Å²) in [4.78, 5) is 2.42. The molecule has 0 bridgehead atoms. The average Bonchev–Trinajstić information content (AvgIpc) is 2.16. The lowest BCUT2D eigenvalue weighted by atomic mass is 9.99. The molecule has 15 heavy (non-hydrogen) atoms. The molecule has 1 aliphatic heterocycles. The molecule has 2 heteroatoms. The van der Waals surface area contributed by atoms with Gasteiger partial charge >= 0.3 is 0 Å². The van der Waals surface area contributed by atoms with Gasteiger partial charge in [-0.15, -0.1) is 0 Å². The zero-order valence-corrected chi connectivity index (χ0v) is 9.66. The van der Waals surface area contributed by atoms with Crippen molar-refractivity contribution < 1.29 is 0 Å². The highest BCUT2D eigenvalue weighted by Crippen LogP contribution is 2.27. The van der Waals surface area contributed by atoms with Crippen molar-refractivity contribution in [1.82, 2.24) is 0 Å². The summed E-state index contributed by atoms with van der Waals surface area (Å²) in [5.41, 5.74) is 8.80. The summed E-state index contributed by atoms with van der Waals surface area (Å²) < 4.78 is 0. The maximum absolute atomic E-state index is 6.08. The van der Waals surface area contributed by atoms with Crippen LogP contribution in [0.1, 0.15) is 25.8 Å². The molecular formula is C13H20N2. The van der Waals surface area contributed by atoms with Gasteiger partial charge in [0.1, 0.15) is 0 Å². The highest BCUT2D eigenvalue weighted by atomic mass is 15.2. The van der Waals surface area contributed by atoms with Crippen LogP contribution >= 0.6 is 0 Å². The van der Waals surface area contributed by atoms with E-state index in [9.17, 15) is 0 Å². The second-order valence-electron chi connectivity index (χ2n) is 5.14. The lowest BCUT2D eigenvalue weighted by Gasteiger charge is -2.35. The van der Waals surface area contributed by atoms with E-state index in [4.69, 9.17) is 5.73 Å². The maximum Gasteiger partial charge on any atom is 0.0399 e. The van der Waals surface area contributed by atoms with Crippen LogP contribution in [-0.4, -0.2) is 18.6 Å². The van der Waals surface area contributed by atoms with Gasteiger partial charge in [0, 0.05) is 24.3 Å². The van der Waals surface area contributed by atoms with E-state index in [0.29, 0.717) is 0 Å². The number of hydrogen-bond donors (Lipinski definition) is 1. The molecule has 0 saturated carbocycles. The molecule has 2 nitrogen and oxygen atoms in total. The predicted molar refractivity (Wildman–Crippen MR) is 65.2 cm³/mol. The van der Waals surface area contributed by atoms with E-state index < -0.39 is 0 Å². The Bertz CT molecular complexity index is 339. The van der Waals surface area contributed by atoms with E-state index in [1.165, 1.54) is 24.1 Å². The molecule has 1 aromatic carbocycles. The standard InChI is InChI=1S/C13H20N2/c1-13(2,14)10-15-9-5-7-11-6-3-4-8-12(11)15/h3-4,6,8H,5,7,9-10,14H2,1-2H3. The molecule has 0 aromatic heterocycles. The second kappa shape index (κ2) is 3.86. The highest BCUT2D eigenvalue weighted by Gasteiger charge is 2.21. The van der Waals surface area contributed by atoms with Crippen molar-refractivity contribution in [1.29, 1.82) is 0 Å². The summed E-state index contributed by atoms with van der Waals surface area (Å²) in [6.45, 7) is 6.25. The molecule has 0 aliphatic carbocycles. The SMILES string of the molecule is CC(C)(N)CN1CCCc2ccccc21. The Balaban J connectivity index is 2.22. The van der Waals surface area contributed by atoms with Crippen molar-refractivity contribution in [2.75, 3.05) is 18.0 Å². The number of aryl methyl sites for hydroxylation is 1. The molecule has 0 amide bonds. The summed E-state index contributed by atoms with van der Waals surface area (Å²) in [6.07, 6.45) is 2.45. The summed E-state index contributed by atoms with van der Waals surface area (Å²) in [5, 5.41) is 0. The first kappa shape index (κ1) is 10.5. The topological polar surface area (TPSA) is 29.3 Å². The average molecular weight is 204 g/mol. The van der Waals surface area contributed by atoms with Crippen molar-refractivity contribution in [2.45, 2.75) is 32.2 Å². The smallest absolute Gasteiger partial charge is 0.0399 e. The Morgan fingerprint density at radius 3 is 2.80 bits per heavy atom. The number of nitrogens with two attached hydrogens (primary N) is 1. The van der Waals surface area contributed by atoms with Gasteiger partial charge in [-0.25, -0.2) is 0 Å². The summed E-state index contributed by atoms with van der Waals surface area (Å²) in [5.74, 6) is 0. The third-order valence-corrected chi connectivity index (χ3v) is 2.80. The Labute approximate surface area is 92.1 Å². The van der Waals surface area contributed by atoms with Gasteiger partial charge in [0.25, 0.3) is 0 Å². The molecule has 1 aliphatic rings. The van der Waals surface area contributed by atoms with Crippen LogP contribution in [0.2, 0.25) is 0 Å². The van der Waals surface area contributed by atoms with Crippen LogP contribution in [0.15, 0.2) is 24.3 Å². The lowest BCUT2D eigenvalue weighted by molar-refractivity contribution is 0.495. The molecule has 0 unspecified atom stereocenters. The normalized spacial score (nSPS) is 16.3. The van der Waals surface area contributed by atoms with Gasteiger partial charge in [0.05, 0.1) is 0 Å². The first-order chi connectivity index (χ1) is 7.06. The fourth-order valence-electron chi connectivity index (χ4n) is 2.27. The summed E-state index contributed by atoms with van der Waals surface area (Å²) in [7, 11) is 0. The second-order valence-corrected chi connectivity index (χ2v) is 5.14. The Kier molecular flexibility index (Phi) is 2.70. The van der Waals surface area contributed by atoms with Gasteiger partial charge in [-0.2, -0.15) is 0 Å². The van der Waals surface area contributed by atoms with Crippen molar-refractivity contribution in [3.05, 3.63) is 29.8 Å². The van der Waals surface area contributed by atoms with Crippen molar-refractivity contribution in [3.63, 3.8) is 0 Å². The number of anilines is 1. The van der Waals surface area contributed by atoms with E-state index in [-0.39, 0.29) is 5.54 Å². The number of nitrogens with zero attached hydrogens (tertiary/aromatic N) is 1. The van der Waals surface area contributed by atoms with E-state index >= 15 is 0 Å². The molecule has 0 atom stereocenters. The molecule has 0 spiro atoms. The monoisotopic (exact) mass is 204 g/mol. The number of para-hydroxylation sites is 1. The van der Waals surface area contributed by atoms with Gasteiger partial charge in [0.2, 0.25) is 0 Å². The number of fused-ring (bicyclic) bond motifs is 1. The Hall–Kier alpha value is -1.02. The van der Waals surface area contributed by atoms with E-state index in [1.807, 2.05) is 0 Å². The van der Waals surface area contributed by atoms with Crippen LogP contribution in [0, 0.1) is 0 Å². The fourth-order valence-corrected chi connectivity index (χ4v) is 2.27. The van der Waals surface area contributed by atoms with Gasteiger partial charge in [-0.3, -0.25) is 0 Å². The molecular weight excluding hydrogens is 184 g/mol. The molecule has 1 aromatic rings. The van der Waals surface area contributed by atoms with Crippen molar-refractivity contribution >= 4 is 5.69 Å². The van der Waals surface area contributed by atoms with Crippen LogP contribution in [0.4, 0.5) is 5.69 Å². The zero-order chi connectivity index (χ0) is 10.9. The molecule has 2 N–H and O–H groups in total. The Morgan fingerprint density at radius 2 is 2.07 bits per heavy atom. The minimum Gasteiger partial charge on any atom is -0.369 e. The van der Waals surface area contributed by atoms with Gasteiger partial charge < -0.3 is 10.6 Å². The Morgan fingerprint density at radius 1 is 1.33 bits per heavy atom. The fraction of sp³-hybridized carbons (Fsp3) is 0.538. The predicted octanol–water partition coefficient (Wildman–Crippen LogP) is 2.18. The summed E-state index contributed by atoms with van der Waals surface area (Å²) >= 11 is 0. The number of benzene rings is 1. The van der Waals surface area contributed by atoms with Crippen LogP contribution in [0.5, 0.6) is 0 Å². The molecule has 82 valence electrons. The number of hydrogen-bond acceptors (Lipinski definition) is 2. The maximum atomic E-state index is 6.08. The number of rotatable bonds is 2. The van der Waals surface area contributed by atoms with Crippen LogP contribution in [0.25, 0.3) is 0 Å². The van der Waals surface area contributed by atoms with Crippen LogP contribution in [-0.2, 0) is 6.42 Å². The van der Waals surface area contributed by atoms with Crippen molar-refractivity contribution in [3.8, 4) is 0 Å². The van der Waals surface area contributed by atoms with Crippen LogP contribution in [0.3, 0.4) is 0 Å². The van der Waals surface area contributed by atoms with E-state index in [1.54, 1.807) is 0 Å². The quantitative estimate of drug-likeness (QED) is 0.800. The molecule has 0 saturated heterocycles. The highest BCUT2D eigenvalue weighted by molar-refractivity contribution is 5.55. The molecule has 0 radical (unpaired) electrons. The van der Waals surface area contributed by atoms with Gasteiger partial charge in [0.15, 0.2) is 0 Å². The van der Waals surface area contributed by atoms with Crippen LogP contribution < -0.4 is 10.6 Å². The van der Waals surface area contributed by atoms with E-state index in [2.05, 4.69) is 43.0 Å². The first-order valence-corrected chi connectivity index (χ1v) is 5.68. The first-order valence-electron chi connectivity index (χ1n) is 5.68. The molecule has 2 rings (SSSR count). The third kappa shape index (κ3) is 2.51. The minimum absolute atomic E-state index is 0.121. The van der Waals surface area contributed by atoms with E-state index in [0.717, 1.165) is 13.1 Å². The van der Waals surface area contributed by atoms with Crippen molar-refractivity contribution in [2.24, 2.45) is 5.73 Å². The summed E-state index contributed by atoms with van der Waals surface area (Å²) in [6, 6.07) is 8.67. The third-order valence-electron chi connectivity index (χ3n) is 2.80.